The summed E-state index contributed by atoms with van der Waals surface area (Å²) in [4.78, 5) is 11.7. The maximum atomic E-state index is 11.7. The molecule has 0 spiro atoms. The first-order valence-electron chi connectivity index (χ1n) is 8.24. The summed E-state index contributed by atoms with van der Waals surface area (Å²) in [6.45, 7) is 1.46. The first-order valence-corrected chi connectivity index (χ1v) is 8.24. The van der Waals surface area contributed by atoms with Crippen molar-refractivity contribution in [2.24, 2.45) is 0 Å². The number of phenols is 1. The fourth-order valence-corrected chi connectivity index (χ4v) is 3.94. The third-order valence-corrected chi connectivity index (χ3v) is 4.93. The Bertz CT molecular complexity index is 1300. The molecule has 3 heteroatoms. The molecule has 0 unspecified atom stereocenters. The van der Waals surface area contributed by atoms with Crippen LogP contribution in [0.2, 0.25) is 0 Å². The van der Waals surface area contributed by atoms with Crippen LogP contribution in [0.5, 0.6) is 5.75 Å². The molecule has 0 bridgehead atoms. The van der Waals surface area contributed by atoms with Gasteiger partial charge in [0.1, 0.15) is 5.75 Å². The van der Waals surface area contributed by atoms with Gasteiger partial charge in [-0.05, 0) is 33.0 Å². The zero-order valence-electron chi connectivity index (χ0n) is 13.6. The van der Waals surface area contributed by atoms with E-state index in [-0.39, 0.29) is 11.7 Å². The summed E-state index contributed by atoms with van der Waals surface area (Å²) in [5.41, 5.74) is 0.480. The van der Waals surface area contributed by atoms with Crippen LogP contribution in [0.4, 0.5) is 5.69 Å². The van der Waals surface area contributed by atoms with Gasteiger partial charge in [-0.2, -0.15) is 0 Å². The van der Waals surface area contributed by atoms with Crippen LogP contribution >= 0.6 is 0 Å². The molecular weight excluding hydrogens is 310 g/mol. The second kappa shape index (κ2) is 4.84. The average Bonchev–Trinajstić information content (AvgIpc) is 2.63. The second-order valence-corrected chi connectivity index (χ2v) is 6.44. The summed E-state index contributed by atoms with van der Waals surface area (Å²) in [5, 5.41) is 21.9. The Morgan fingerprint density at radius 2 is 1.56 bits per heavy atom. The molecule has 5 rings (SSSR count). The summed E-state index contributed by atoms with van der Waals surface area (Å²) in [6, 6.07) is 20.3. The number of rotatable bonds is 1. The number of hydrogen-bond donors (Lipinski definition) is 2. The third kappa shape index (κ3) is 1.83. The first kappa shape index (κ1) is 14.1. The summed E-state index contributed by atoms with van der Waals surface area (Å²) < 4.78 is 0. The number of aromatic hydroxyl groups is 1. The van der Waals surface area contributed by atoms with Crippen LogP contribution in [-0.2, 0) is 4.79 Å². The van der Waals surface area contributed by atoms with Gasteiger partial charge >= 0.3 is 0 Å². The van der Waals surface area contributed by atoms with E-state index in [2.05, 4.69) is 29.6 Å². The van der Waals surface area contributed by atoms with Gasteiger partial charge in [0.15, 0.2) is 0 Å². The van der Waals surface area contributed by atoms with Crippen LogP contribution in [-0.4, -0.2) is 11.0 Å². The molecule has 0 saturated carbocycles. The summed E-state index contributed by atoms with van der Waals surface area (Å²) in [5.74, 6) is -0.0767. The van der Waals surface area contributed by atoms with Crippen molar-refractivity contribution in [1.29, 1.82) is 0 Å². The zero-order chi connectivity index (χ0) is 17.1. The molecule has 120 valence electrons. The number of nitrogens with one attached hydrogen (secondary N) is 1. The number of hydrogen-bond acceptors (Lipinski definition) is 2. The maximum Gasteiger partial charge on any atom is 0.221 e. The van der Waals surface area contributed by atoms with E-state index in [1.807, 2.05) is 36.4 Å². The smallest absolute Gasteiger partial charge is 0.221 e. The van der Waals surface area contributed by atoms with E-state index in [9.17, 15) is 9.90 Å². The Balaban J connectivity index is 2.13. The standard InChI is InChI=1S/C22H15NO2/c1-12(24)23-21-17-8-4-6-13-9-10-16-15-7-3-2-5-14(15)11-18(22(21)25)20(16)19(13)17/h2-11,25H,1H3,(H,23,24). The van der Waals surface area contributed by atoms with Crippen molar-refractivity contribution in [3.8, 4) is 5.75 Å². The minimum absolute atomic E-state index is 0.122. The summed E-state index contributed by atoms with van der Waals surface area (Å²) in [6.07, 6.45) is 0. The molecule has 3 nitrogen and oxygen atoms in total. The molecule has 0 radical (unpaired) electrons. The number of amides is 1. The van der Waals surface area contributed by atoms with E-state index in [4.69, 9.17) is 0 Å². The molecule has 0 heterocycles. The molecule has 1 amide bonds. The first-order chi connectivity index (χ1) is 12.1. The molecule has 0 fully saturated rings. The van der Waals surface area contributed by atoms with Crippen LogP contribution in [0.15, 0.2) is 60.7 Å². The highest BCUT2D eigenvalue weighted by Crippen LogP contribution is 2.47. The van der Waals surface area contributed by atoms with Gasteiger partial charge < -0.3 is 10.4 Å². The van der Waals surface area contributed by atoms with Crippen LogP contribution in [0.3, 0.4) is 0 Å². The molecule has 2 N–H and O–H groups in total. The predicted octanol–water partition coefficient (Wildman–Crippen LogP) is 5.40. The molecule has 5 aromatic rings. The highest BCUT2D eigenvalue weighted by molar-refractivity contribution is 6.33. The van der Waals surface area contributed by atoms with Crippen molar-refractivity contribution in [3.63, 3.8) is 0 Å². The fourth-order valence-electron chi connectivity index (χ4n) is 3.94. The summed E-state index contributed by atoms with van der Waals surface area (Å²) >= 11 is 0. The molecule has 0 aliphatic rings. The molecule has 0 aromatic heterocycles. The minimum Gasteiger partial charge on any atom is -0.505 e. The Hall–Kier alpha value is -3.33. The zero-order valence-corrected chi connectivity index (χ0v) is 13.6. The molecule has 0 aliphatic carbocycles. The van der Waals surface area contributed by atoms with Gasteiger partial charge in [-0.25, -0.2) is 0 Å². The molecule has 5 aromatic carbocycles. The van der Waals surface area contributed by atoms with E-state index in [1.54, 1.807) is 0 Å². The Labute approximate surface area is 143 Å². The van der Waals surface area contributed by atoms with Crippen LogP contribution in [0.1, 0.15) is 6.92 Å². The Kier molecular flexibility index (Phi) is 2.72. The third-order valence-electron chi connectivity index (χ3n) is 4.93. The second-order valence-electron chi connectivity index (χ2n) is 6.44. The number of carbonyl (C=O) groups is 1. The van der Waals surface area contributed by atoms with Gasteiger partial charge in [0.2, 0.25) is 5.91 Å². The van der Waals surface area contributed by atoms with E-state index < -0.39 is 0 Å². The van der Waals surface area contributed by atoms with Crippen molar-refractivity contribution in [3.05, 3.63) is 60.7 Å². The topological polar surface area (TPSA) is 49.3 Å². The number of phenolic OH excluding ortho intramolecular Hbond substituents is 1. The average molecular weight is 325 g/mol. The van der Waals surface area contributed by atoms with Gasteiger partial charge in [0.25, 0.3) is 0 Å². The van der Waals surface area contributed by atoms with Crippen molar-refractivity contribution >= 4 is 54.7 Å². The van der Waals surface area contributed by atoms with Crippen molar-refractivity contribution in [1.82, 2.24) is 0 Å². The Morgan fingerprint density at radius 1 is 0.800 bits per heavy atom. The van der Waals surface area contributed by atoms with Gasteiger partial charge in [-0.15, -0.1) is 0 Å². The molecule has 0 saturated heterocycles. The van der Waals surface area contributed by atoms with E-state index in [0.29, 0.717) is 5.69 Å². The van der Waals surface area contributed by atoms with Gasteiger partial charge in [0.05, 0.1) is 5.69 Å². The number of benzene rings is 5. The van der Waals surface area contributed by atoms with Gasteiger partial charge in [-0.1, -0.05) is 54.6 Å². The molecular formula is C22H15NO2. The van der Waals surface area contributed by atoms with E-state index in [0.717, 1.165) is 43.1 Å². The summed E-state index contributed by atoms with van der Waals surface area (Å²) in [7, 11) is 0. The SMILES string of the molecule is CC(=O)Nc1c(O)c2cc3ccccc3c3ccc4cccc1c4c23. The molecule has 0 atom stereocenters. The van der Waals surface area contributed by atoms with Crippen molar-refractivity contribution in [2.75, 3.05) is 5.32 Å². The number of anilines is 1. The van der Waals surface area contributed by atoms with E-state index >= 15 is 0 Å². The van der Waals surface area contributed by atoms with Crippen LogP contribution in [0, 0.1) is 0 Å². The number of fused-ring (bicyclic) bond motifs is 2. The highest BCUT2D eigenvalue weighted by Gasteiger charge is 2.19. The normalized spacial score (nSPS) is 11.7. The largest absolute Gasteiger partial charge is 0.505 e. The van der Waals surface area contributed by atoms with Gasteiger partial charge in [-0.3, -0.25) is 4.79 Å². The number of carbonyl (C=O) groups excluding carboxylic acids is 1. The van der Waals surface area contributed by atoms with Gasteiger partial charge in [0, 0.05) is 23.1 Å². The Morgan fingerprint density at radius 3 is 2.40 bits per heavy atom. The van der Waals surface area contributed by atoms with Crippen molar-refractivity contribution < 1.29 is 9.90 Å². The minimum atomic E-state index is -0.199. The monoisotopic (exact) mass is 325 g/mol. The fraction of sp³-hybridized carbons (Fsp3) is 0.0455. The van der Waals surface area contributed by atoms with E-state index in [1.165, 1.54) is 6.92 Å². The lowest BCUT2D eigenvalue weighted by atomic mass is 9.89. The highest BCUT2D eigenvalue weighted by atomic mass is 16.3. The predicted molar refractivity (Wildman–Crippen MR) is 104 cm³/mol. The quantitative estimate of drug-likeness (QED) is 0.246. The molecule has 25 heavy (non-hydrogen) atoms. The van der Waals surface area contributed by atoms with Crippen LogP contribution < -0.4 is 5.32 Å². The lowest BCUT2D eigenvalue weighted by Gasteiger charge is -2.18. The maximum absolute atomic E-state index is 11.7. The lowest BCUT2D eigenvalue weighted by Crippen LogP contribution is -2.07. The van der Waals surface area contributed by atoms with Crippen LogP contribution in [0.25, 0.3) is 43.1 Å². The molecule has 0 aliphatic heterocycles. The van der Waals surface area contributed by atoms with Crippen molar-refractivity contribution in [2.45, 2.75) is 6.92 Å². The lowest BCUT2D eigenvalue weighted by molar-refractivity contribution is -0.114.